The summed E-state index contributed by atoms with van der Waals surface area (Å²) in [6.07, 6.45) is 5.22. The van der Waals surface area contributed by atoms with Crippen LogP contribution in [0.25, 0.3) is 0 Å². The molecule has 2 saturated carbocycles. The van der Waals surface area contributed by atoms with E-state index in [1.807, 2.05) is 0 Å². The second-order valence-electron chi connectivity index (χ2n) is 7.80. The van der Waals surface area contributed by atoms with Crippen molar-refractivity contribution in [2.45, 2.75) is 67.7 Å². The Morgan fingerprint density at radius 1 is 1.13 bits per heavy atom. The lowest BCUT2D eigenvalue weighted by Gasteiger charge is -2.46. The minimum Gasteiger partial charge on any atom is -0.448 e. The van der Waals surface area contributed by atoms with E-state index in [2.05, 4.69) is 6.08 Å². The van der Waals surface area contributed by atoms with Gasteiger partial charge in [0.2, 0.25) is 0 Å². The lowest BCUT2D eigenvalue weighted by atomic mass is 9.66. The minimum absolute atomic E-state index is 0.264. The Kier molecular flexibility index (Phi) is 2.13. The smallest absolute Gasteiger partial charge is 0.320 e. The lowest BCUT2D eigenvalue weighted by molar-refractivity contribution is -0.279. The molecular formula is C17H20O6. The zero-order chi connectivity index (χ0) is 15.5. The molecule has 0 aromatic rings. The van der Waals surface area contributed by atoms with Crippen molar-refractivity contribution in [3.63, 3.8) is 0 Å². The fraction of sp³-hybridized carbons (Fsp3) is 0.824. The Balaban J connectivity index is 1.64. The number of ether oxygens (including phenoxy) is 4. The molecule has 5 heterocycles. The Morgan fingerprint density at radius 2 is 1.96 bits per heavy atom. The number of aliphatic hydroxyl groups is 1. The van der Waals surface area contributed by atoms with Gasteiger partial charge in [0.1, 0.15) is 23.2 Å². The van der Waals surface area contributed by atoms with Crippen LogP contribution in [0.3, 0.4) is 0 Å². The number of esters is 1. The molecule has 1 N–H and O–H groups in total. The van der Waals surface area contributed by atoms with Crippen LogP contribution in [0.2, 0.25) is 0 Å². The van der Waals surface area contributed by atoms with Crippen LogP contribution in [0.15, 0.2) is 11.6 Å². The van der Waals surface area contributed by atoms with Crippen molar-refractivity contribution >= 4 is 5.97 Å². The number of hydrogen-bond donors (Lipinski definition) is 1. The van der Waals surface area contributed by atoms with Gasteiger partial charge in [-0.15, -0.1) is 0 Å². The summed E-state index contributed by atoms with van der Waals surface area (Å²) in [6, 6.07) is 0. The molecule has 0 aromatic heterocycles. The summed E-state index contributed by atoms with van der Waals surface area (Å²) in [6.45, 7) is 1.07. The molecule has 124 valence electrons. The molecule has 0 radical (unpaired) electrons. The Bertz CT molecular complexity index is 651. The van der Waals surface area contributed by atoms with Gasteiger partial charge in [-0.2, -0.15) is 0 Å². The minimum atomic E-state index is -0.976. The number of rotatable bonds is 0. The monoisotopic (exact) mass is 320 g/mol. The number of aliphatic hydroxyl groups excluding tert-OH is 1. The van der Waals surface area contributed by atoms with Crippen LogP contribution in [-0.2, 0) is 23.7 Å². The first kappa shape index (κ1) is 13.4. The van der Waals surface area contributed by atoms with E-state index in [1.54, 1.807) is 0 Å². The first-order valence-electron chi connectivity index (χ1n) is 8.68. The third kappa shape index (κ3) is 1.11. The summed E-state index contributed by atoms with van der Waals surface area (Å²) in [5, 5.41) is 10.6. The summed E-state index contributed by atoms with van der Waals surface area (Å²) in [5.74, 6) is -1.10. The first-order valence-corrected chi connectivity index (χ1v) is 8.68. The van der Waals surface area contributed by atoms with Crippen molar-refractivity contribution in [1.82, 2.24) is 0 Å². The van der Waals surface area contributed by atoms with Gasteiger partial charge >= 0.3 is 5.97 Å². The zero-order valence-electron chi connectivity index (χ0n) is 12.9. The molecule has 3 saturated heterocycles. The van der Waals surface area contributed by atoms with Crippen molar-refractivity contribution < 1.29 is 28.8 Å². The summed E-state index contributed by atoms with van der Waals surface area (Å²) in [4.78, 5) is 13.1. The van der Waals surface area contributed by atoms with Crippen LogP contribution in [0.4, 0.5) is 0 Å². The summed E-state index contributed by atoms with van der Waals surface area (Å²) >= 11 is 0. The van der Waals surface area contributed by atoms with Crippen molar-refractivity contribution in [3.8, 4) is 0 Å². The molecule has 5 aliphatic heterocycles. The molecule has 7 rings (SSSR count). The van der Waals surface area contributed by atoms with Crippen molar-refractivity contribution in [2.75, 3.05) is 13.2 Å². The van der Waals surface area contributed by atoms with E-state index in [1.165, 1.54) is 0 Å². The average molecular weight is 320 g/mol. The maximum Gasteiger partial charge on any atom is 0.320 e. The van der Waals surface area contributed by atoms with Crippen LogP contribution >= 0.6 is 0 Å². The highest BCUT2D eigenvalue weighted by atomic mass is 16.8. The van der Waals surface area contributed by atoms with Gasteiger partial charge in [-0.05, 0) is 37.7 Å². The third-order valence-corrected chi connectivity index (χ3v) is 7.25. The van der Waals surface area contributed by atoms with E-state index < -0.39 is 28.5 Å². The molecule has 23 heavy (non-hydrogen) atoms. The van der Waals surface area contributed by atoms with Crippen LogP contribution in [0.5, 0.6) is 0 Å². The maximum atomic E-state index is 13.1. The van der Waals surface area contributed by atoms with E-state index in [9.17, 15) is 9.90 Å². The molecule has 6 heteroatoms. The molecule has 5 fully saturated rings. The molecule has 0 aromatic carbocycles. The highest BCUT2D eigenvalue weighted by Crippen LogP contribution is 2.70. The van der Waals surface area contributed by atoms with Gasteiger partial charge in [0, 0.05) is 6.42 Å². The van der Waals surface area contributed by atoms with Crippen LogP contribution in [0, 0.1) is 5.41 Å². The predicted molar refractivity (Wildman–Crippen MR) is 75.3 cm³/mol. The topological polar surface area (TPSA) is 74.2 Å². The molecule has 2 aliphatic carbocycles. The summed E-state index contributed by atoms with van der Waals surface area (Å²) in [5.41, 5.74) is -1.56. The van der Waals surface area contributed by atoms with Gasteiger partial charge in [0.15, 0.2) is 11.4 Å². The third-order valence-electron chi connectivity index (χ3n) is 7.25. The van der Waals surface area contributed by atoms with Crippen LogP contribution in [0.1, 0.15) is 38.5 Å². The normalized spacial score (nSPS) is 54.8. The van der Waals surface area contributed by atoms with E-state index in [-0.39, 0.29) is 12.1 Å². The SMILES string of the molecule is O=C1O[C@]23C(=C[C@]14CCC1(OCCO1)[C@@]41CC[C@@H]2O1)CC[C@@H]3O. The van der Waals surface area contributed by atoms with Gasteiger partial charge in [0.25, 0.3) is 0 Å². The van der Waals surface area contributed by atoms with Gasteiger partial charge < -0.3 is 24.1 Å². The molecule has 0 unspecified atom stereocenters. The van der Waals surface area contributed by atoms with Crippen LogP contribution in [-0.4, -0.2) is 53.5 Å². The number of hydrogen-bond acceptors (Lipinski definition) is 6. The zero-order valence-corrected chi connectivity index (χ0v) is 12.9. The number of fused-ring (bicyclic) bond motifs is 1. The van der Waals surface area contributed by atoms with E-state index in [0.717, 1.165) is 18.4 Å². The molecule has 0 amide bonds. The van der Waals surface area contributed by atoms with Gasteiger partial charge in [-0.3, -0.25) is 4.79 Å². The molecule has 6 nitrogen and oxygen atoms in total. The molecule has 7 aliphatic rings. The van der Waals surface area contributed by atoms with Gasteiger partial charge in [-0.1, -0.05) is 6.08 Å². The number of carbonyl (C=O) groups excluding carboxylic acids is 1. The highest BCUT2D eigenvalue weighted by molar-refractivity contribution is 5.86. The Morgan fingerprint density at radius 3 is 2.78 bits per heavy atom. The Hall–Kier alpha value is -0.950. The van der Waals surface area contributed by atoms with Crippen molar-refractivity contribution in [3.05, 3.63) is 11.6 Å². The molecule has 4 spiro atoms. The maximum absolute atomic E-state index is 13.1. The molecule has 5 atom stereocenters. The second kappa shape index (κ2) is 3.67. The molecular weight excluding hydrogens is 300 g/mol. The fourth-order valence-electron chi connectivity index (χ4n) is 6.32. The largest absolute Gasteiger partial charge is 0.448 e. The quantitative estimate of drug-likeness (QED) is 0.526. The van der Waals surface area contributed by atoms with Gasteiger partial charge in [0.05, 0.1) is 13.2 Å². The summed E-state index contributed by atoms with van der Waals surface area (Å²) in [7, 11) is 0. The first-order chi connectivity index (χ1) is 11.1. The standard InChI is InChI=1S/C17H20O6/c18-11-2-1-10-9-14-5-6-16(20-7-8-21-16)15(14)4-3-12(22-15)17(10,11)23-13(14)19/h9,11-12,18H,1-8H2/t11-,12-,14+,15+,17-/m0/s1. The second-order valence-corrected chi connectivity index (χ2v) is 7.80. The van der Waals surface area contributed by atoms with Gasteiger partial charge in [-0.25, -0.2) is 0 Å². The van der Waals surface area contributed by atoms with Crippen molar-refractivity contribution in [2.24, 2.45) is 5.41 Å². The fourth-order valence-corrected chi connectivity index (χ4v) is 6.32. The van der Waals surface area contributed by atoms with E-state index >= 15 is 0 Å². The molecule has 4 bridgehead atoms. The Labute approximate surface area is 133 Å². The highest BCUT2D eigenvalue weighted by Gasteiger charge is 2.82. The van der Waals surface area contributed by atoms with Crippen LogP contribution < -0.4 is 0 Å². The predicted octanol–water partition coefficient (Wildman–Crippen LogP) is 0.818. The summed E-state index contributed by atoms with van der Waals surface area (Å²) < 4.78 is 24.6. The average Bonchev–Trinajstić information content (AvgIpc) is 3.26. The van der Waals surface area contributed by atoms with E-state index in [0.29, 0.717) is 38.9 Å². The number of carbonyl (C=O) groups is 1. The lowest BCUT2D eigenvalue weighted by Crippen LogP contribution is -2.61. The van der Waals surface area contributed by atoms with Crippen molar-refractivity contribution in [1.29, 1.82) is 0 Å². The van der Waals surface area contributed by atoms with E-state index in [4.69, 9.17) is 18.9 Å².